The molecule has 2 aromatic rings. The van der Waals surface area contributed by atoms with Gasteiger partial charge in [-0.15, -0.1) is 0 Å². The van der Waals surface area contributed by atoms with Gasteiger partial charge in [-0.25, -0.2) is 13.2 Å². The van der Waals surface area contributed by atoms with Crippen LogP contribution in [0.4, 0.5) is 13.2 Å². The fourth-order valence-electron chi connectivity index (χ4n) is 3.49. The number of nitrogens with one attached hydrogen (secondary N) is 1. The van der Waals surface area contributed by atoms with Crippen molar-refractivity contribution in [3.8, 4) is 0 Å². The number of carbonyl (C=O) groups is 1. The summed E-state index contributed by atoms with van der Waals surface area (Å²) in [6.07, 6.45) is 0.00225. The van der Waals surface area contributed by atoms with E-state index in [0.29, 0.717) is 11.1 Å². The van der Waals surface area contributed by atoms with Gasteiger partial charge >= 0.3 is 0 Å². The Morgan fingerprint density at radius 3 is 2.41 bits per heavy atom. The molecule has 1 aliphatic rings. The number of hydrogen-bond acceptors (Lipinski definition) is 4. The molecule has 0 unspecified atom stereocenters. The van der Waals surface area contributed by atoms with Gasteiger partial charge in [0.15, 0.2) is 0 Å². The highest BCUT2D eigenvalue weighted by atomic mass is 19.1. The summed E-state index contributed by atoms with van der Waals surface area (Å²) in [7, 11) is 0. The van der Waals surface area contributed by atoms with Gasteiger partial charge in [0, 0.05) is 36.8 Å². The first kappa shape index (κ1) is 19.1. The Balaban J connectivity index is 1.81. The molecule has 0 spiro atoms. The van der Waals surface area contributed by atoms with Crippen molar-refractivity contribution in [1.82, 2.24) is 5.48 Å². The van der Waals surface area contributed by atoms with E-state index in [4.69, 9.17) is 0 Å². The van der Waals surface area contributed by atoms with E-state index in [0.717, 1.165) is 0 Å². The highest BCUT2D eigenvalue weighted by Crippen LogP contribution is 2.36. The maximum atomic E-state index is 14.4. The average molecular weight is 376 g/mol. The van der Waals surface area contributed by atoms with E-state index in [9.17, 15) is 23.2 Å². The van der Waals surface area contributed by atoms with Crippen LogP contribution in [-0.4, -0.2) is 23.4 Å². The normalized spacial score (nSPS) is 19.1. The van der Waals surface area contributed by atoms with Crippen LogP contribution in [-0.2, 0) is 11.2 Å². The number of Topliss-reactive ketones (excluding diaryl/α,β-unsaturated/α-hetero) is 1. The van der Waals surface area contributed by atoms with Gasteiger partial charge in [0.05, 0.1) is 0 Å². The molecule has 0 fully saturated rings. The summed E-state index contributed by atoms with van der Waals surface area (Å²) in [6, 6.07) is 8.02. The van der Waals surface area contributed by atoms with E-state index in [1.165, 1.54) is 36.4 Å². The maximum Gasteiger partial charge on any atom is 0.138 e. The zero-order chi connectivity index (χ0) is 19.6. The number of ketones is 1. The summed E-state index contributed by atoms with van der Waals surface area (Å²) in [5.41, 5.74) is 2.91. The number of amidine groups is 1. The van der Waals surface area contributed by atoms with Crippen molar-refractivity contribution >= 4 is 11.6 Å². The third-order valence-corrected chi connectivity index (χ3v) is 4.77. The van der Waals surface area contributed by atoms with Crippen molar-refractivity contribution in [2.45, 2.75) is 25.7 Å². The number of nitrogens with zero attached hydrogens (tertiary/aromatic N) is 1. The van der Waals surface area contributed by atoms with Gasteiger partial charge in [0.2, 0.25) is 0 Å². The van der Waals surface area contributed by atoms with E-state index in [2.05, 4.69) is 4.99 Å². The molecule has 142 valence electrons. The van der Waals surface area contributed by atoms with Gasteiger partial charge < -0.3 is 0 Å². The summed E-state index contributed by atoms with van der Waals surface area (Å²) >= 11 is 0. The lowest BCUT2D eigenvalue weighted by molar-refractivity contribution is -0.119. The van der Waals surface area contributed by atoms with Crippen LogP contribution in [0.1, 0.15) is 29.0 Å². The minimum atomic E-state index is -0.697. The second-order valence-electron chi connectivity index (χ2n) is 6.74. The molecule has 0 aliphatic carbocycles. The second-order valence-corrected chi connectivity index (χ2v) is 6.74. The first-order valence-electron chi connectivity index (χ1n) is 8.55. The summed E-state index contributed by atoms with van der Waals surface area (Å²) in [4.78, 5) is 16.6. The Bertz CT molecular complexity index is 858. The van der Waals surface area contributed by atoms with E-state index in [1.54, 1.807) is 6.92 Å². The fourth-order valence-corrected chi connectivity index (χ4v) is 3.49. The number of aliphatic imine (C=N–C) groups is 1. The molecule has 0 saturated carbocycles. The quantitative estimate of drug-likeness (QED) is 0.782. The smallest absolute Gasteiger partial charge is 0.138 e. The van der Waals surface area contributed by atoms with Crippen molar-refractivity contribution in [2.24, 2.45) is 10.9 Å². The van der Waals surface area contributed by atoms with Crippen LogP contribution in [0.2, 0.25) is 0 Å². The third kappa shape index (κ3) is 4.19. The summed E-state index contributed by atoms with van der Waals surface area (Å²) in [5, 5.41) is 9.30. The van der Waals surface area contributed by atoms with Gasteiger partial charge in [-0.3, -0.25) is 20.5 Å². The second kappa shape index (κ2) is 7.92. The molecule has 1 aliphatic heterocycles. The van der Waals surface area contributed by atoms with Gasteiger partial charge in [0.1, 0.15) is 29.1 Å². The standard InChI is InChI=1S/C20H19F3N2O2/c1-11-6-17(22)19(18(23)7-11)16-10-24-20(25-27)15(16)9-14(26)8-12-2-4-13(21)5-3-12/h2-7,15-16,27H,8-10H2,1H3,(H,24,25)/t15-,16+/m0/s1. The number of benzene rings is 2. The van der Waals surface area contributed by atoms with E-state index in [-0.39, 0.29) is 36.6 Å². The maximum absolute atomic E-state index is 14.4. The van der Waals surface area contributed by atoms with Crippen molar-refractivity contribution in [3.05, 3.63) is 70.5 Å². The molecule has 7 heteroatoms. The Morgan fingerprint density at radius 1 is 1.19 bits per heavy atom. The van der Waals surface area contributed by atoms with Crippen molar-refractivity contribution < 1.29 is 23.2 Å². The molecule has 2 atom stereocenters. The zero-order valence-corrected chi connectivity index (χ0v) is 14.7. The molecule has 0 saturated heterocycles. The average Bonchev–Trinajstić information content (AvgIpc) is 2.98. The van der Waals surface area contributed by atoms with Crippen molar-refractivity contribution in [2.75, 3.05) is 6.54 Å². The summed E-state index contributed by atoms with van der Waals surface area (Å²) in [5.74, 6) is -3.22. The predicted molar refractivity (Wildman–Crippen MR) is 94.3 cm³/mol. The van der Waals surface area contributed by atoms with E-state index in [1.807, 2.05) is 5.48 Å². The Hall–Kier alpha value is -2.67. The molecule has 4 nitrogen and oxygen atoms in total. The van der Waals surface area contributed by atoms with Crippen molar-refractivity contribution in [3.63, 3.8) is 0 Å². The lowest BCUT2D eigenvalue weighted by Crippen LogP contribution is -2.31. The fraction of sp³-hybridized carbons (Fsp3) is 0.300. The molecule has 2 aromatic carbocycles. The van der Waals surface area contributed by atoms with Crippen LogP contribution in [0, 0.1) is 30.3 Å². The van der Waals surface area contributed by atoms with Gasteiger partial charge in [-0.1, -0.05) is 12.1 Å². The number of rotatable bonds is 5. The van der Waals surface area contributed by atoms with E-state index < -0.39 is 29.3 Å². The van der Waals surface area contributed by atoms with Crippen LogP contribution < -0.4 is 5.48 Å². The molecule has 0 aromatic heterocycles. The first-order valence-corrected chi connectivity index (χ1v) is 8.55. The van der Waals surface area contributed by atoms with Gasteiger partial charge in [-0.2, -0.15) is 0 Å². The van der Waals surface area contributed by atoms with Gasteiger partial charge in [-0.05, 0) is 42.3 Å². The minimum absolute atomic E-state index is 0.0544. The molecule has 2 N–H and O–H groups in total. The van der Waals surface area contributed by atoms with Crippen LogP contribution >= 0.6 is 0 Å². The zero-order valence-electron chi connectivity index (χ0n) is 14.7. The Kier molecular flexibility index (Phi) is 5.60. The Morgan fingerprint density at radius 2 is 1.81 bits per heavy atom. The molecule has 0 radical (unpaired) electrons. The van der Waals surface area contributed by atoms with Crippen molar-refractivity contribution in [1.29, 1.82) is 0 Å². The highest BCUT2D eigenvalue weighted by Gasteiger charge is 2.37. The molecule has 0 amide bonds. The molecule has 1 heterocycles. The number of hydrogen-bond donors (Lipinski definition) is 2. The molecule has 0 bridgehead atoms. The topological polar surface area (TPSA) is 61.7 Å². The lowest BCUT2D eigenvalue weighted by Gasteiger charge is -2.21. The highest BCUT2D eigenvalue weighted by molar-refractivity contribution is 5.92. The van der Waals surface area contributed by atoms with Crippen LogP contribution in [0.3, 0.4) is 0 Å². The number of hydroxylamine groups is 1. The summed E-state index contributed by atoms with van der Waals surface area (Å²) < 4.78 is 41.8. The lowest BCUT2D eigenvalue weighted by atomic mass is 9.82. The molecule has 27 heavy (non-hydrogen) atoms. The SMILES string of the molecule is Cc1cc(F)c([C@@H]2CN=C(NO)[C@H]2CC(=O)Cc2ccc(F)cc2)c(F)c1. The molecular weight excluding hydrogens is 357 g/mol. The number of carbonyl (C=O) groups excluding carboxylic acids is 1. The monoisotopic (exact) mass is 376 g/mol. The predicted octanol–water partition coefficient (Wildman–Crippen LogP) is 3.70. The van der Waals surface area contributed by atoms with Crippen LogP contribution in [0.15, 0.2) is 41.4 Å². The summed E-state index contributed by atoms with van der Waals surface area (Å²) in [6.45, 7) is 1.65. The van der Waals surface area contributed by atoms with Gasteiger partial charge in [0.25, 0.3) is 0 Å². The van der Waals surface area contributed by atoms with Crippen LogP contribution in [0.25, 0.3) is 0 Å². The minimum Gasteiger partial charge on any atom is -0.299 e. The largest absolute Gasteiger partial charge is 0.299 e. The first-order chi connectivity index (χ1) is 12.9. The number of aryl methyl sites for hydroxylation is 1. The number of halogens is 3. The molecule has 3 rings (SSSR count). The van der Waals surface area contributed by atoms with E-state index >= 15 is 0 Å². The molecular formula is C20H19F3N2O2. The Labute approximate surface area is 154 Å². The third-order valence-electron chi connectivity index (χ3n) is 4.77. The van der Waals surface area contributed by atoms with Crippen LogP contribution in [0.5, 0.6) is 0 Å².